The van der Waals surface area contributed by atoms with Gasteiger partial charge in [-0.1, -0.05) is 0 Å². The van der Waals surface area contributed by atoms with E-state index in [1.165, 1.54) is 10.8 Å². The van der Waals surface area contributed by atoms with E-state index in [0.717, 1.165) is 0 Å². The fraction of sp³-hybridized carbons (Fsp3) is 0.667. The number of aromatic nitrogens is 2. The Morgan fingerprint density at radius 3 is 2.77 bits per heavy atom. The maximum atomic E-state index is 11.9. The lowest BCUT2D eigenvalue weighted by molar-refractivity contribution is 0.0563. The second-order valence-corrected chi connectivity index (χ2v) is 7.34. The zero-order valence-electron chi connectivity index (χ0n) is 11.8. The summed E-state index contributed by atoms with van der Waals surface area (Å²) in [6.07, 6.45) is 1.44. The number of hydrogen-bond acceptors (Lipinski definition) is 5. The third-order valence-corrected chi connectivity index (χ3v) is 5.24. The average molecular weight is 332 g/mol. The molecule has 122 valence electrons. The van der Waals surface area contributed by atoms with Crippen LogP contribution in [0.25, 0.3) is 0 Å². The van der Waals surface area contributed by atoms with Crippen molar-refractivity contribution in [1.82, 2.24) is 9.55 Å². The number of fused-ring (bicyclic) bond motifs is 1. The molecule has 0 saturated heterocycles. The van der Waals surface area contributed by atoms with Crippen LogP contribution in [-0.4, -0.2) is 37.2 Å². The van der Waals surface area contributed by atoms with Gasteiger partial charge in [0, 0.05) is 23.2 Å². The standard InChI is InChI=1S/C12H17N2O7P/c1-6-4-14(11(17)13-10(6)16)8-2-9(15)12(3-7(8)12)5-21-22(18,19)20/h4,7-9,15H,2-3,5H2,1H3,(H,13,16,17)(H2,18,19,20)/t7-,8+,9+,12+/m1/s1. The Balaban J connectivity index is 1.86. The van der Waals surface area contributed by atoms with Crippen molar-refractivity contribution in [3.63, 3.8) is 0 Å². The average Bonchev–Trinajstić information content (AvgIpc) is 3.07. The lowest BCUT2D eigenvalue weighted by atomic mass is 10.0. The first-order valence-corrected chi connectivity index (χ1v) is 8.37. The molecule has 4 atom stereocenters. The maximum Gasteiger partial charge on any atom is 0.469 e. The summed E-state index contributed by atoms with van der Waals surface area (Å²) in [7, 11) is -4.60. The highest BCUT2D eigenvalue weighted by Gasteiger charge is 2.68. The molecule has 9 nitrogen and oxygen atoms in total. The van der Waals surface area contributed by atoms with Gasteiger partial charge >= 0.3 is 13.5 Å². The van der Waals surface area contributed by atoms with Crippen molar-refractivity contribution in [2.75, 3.05) is 6.61 Å². The highest BCUT2D eigenvalue weighted by atomic mass is 31.2. The number of nitrogens with one attached hydrogen (secondary N) is 1. The van der Waals surface area contributed by atoms with Gasteiger partial charge in [0.15, 0.2) is 0 Å². The predicted molar refractivity (Wildman–Crippen MR) is 74.3 cm³/mol. The summed E-state index contributed by atoms with van der Waals surface area (Å²) in [6, 6.07) is -0.321. The monoisotopic (exact) mass is 332 g/mol. The van der Waals surface area contributed by atoms with Crippen LogP contribution in [0.3, 0.4) is 0 Å². The number of hydrogen-bond donors (Lipinski definition) is 4. The lowest BCUT2D eigenvalue weighted by Crippen LogP contribution is -2.33. The molecule has 0 unspecified atom stereocenters. The first-order valence-electron chi connectivity index (χ1n) is 6.84. The van der Waals surface area contributed by atoms with E-state index in [-0.39, 0.29) is 25.0 Å². The Morgan fingerprint density at radius 1 is 1.50 bits per heavy atom. The Bertz CT molecular complexity index is 765. The Hall–Kier alpha value is -1.25. The molecule has 0 spiro atoms. The van der Waals surface area contributed by atoms with Gasteiger partial charge in [0.2, 0.25) is 0 Å². The van der Waals surface area contributed by atoms with Crippen LogP contribution in [-0.2, 0) is 9.09 Å². The van der Waals surface area contributed by atoms with E-state index in [1.807, 2.05) is 0 Å². The second-order valence-electron chi connectivity index (χ2n) is 6.11. The maximum absolute atomic E-state index is 11.9. The molecule has 0 aliphatic heterocycles. The minimum Gasteiger partial charge on any atom is -0.392 e. The highest BCUT2D eigenvalue weighted by Crippen LogP contribution is 2.68. The van der Waals surface area contributed by atoms with Gasteiger partial charge in [-0.05, 0) is 25.7 Å². The van der Waals surface area contributed by atoms with Crippen LogP contribution < -0.4 is 11.2 Å². The number of rotatable bonds is 4. The topological polar surface area (TPSA) is 142 Å². The molecule has 10 heteroatoms. The van der Waals surface area contributed by atoms with Gasteiger partial charge < -0.3 is 14.9 Å². The van der Waals surface area contributed by atoms with Crippen molar-refractivity contribution in [3.05, 3.63) is 32.6 Å². The molecule has 0 radical (unpaired) electrons. The van der Waals surface area contributed by atoms with Gasteiger partial charge in [-0.15, -0.1) is 0 Å². The van der Waals surface area contributed by atoms with E-state index in [0.29, 0.717) is 12.0 Å². The number of phosphoric acid groups is 1. The first-order chi connectivity index (χ1) is 10.1. The van der Waals surface area contributed by atoms with Crippen molar-refractivity contribution in [2.45, 2.75) is 31.9 Å². The molecular weight excluding hydrogens is 315 g/mol. The third-order valence-electron chi connectivity index (χ3n) is 4.78. The predicted octanol–water partition coefficient (Wildman–Crippen LogP) is -0.734. The normalized spacial score (nSPS) is 33.7. The third kappa shape index (κ3) is 2.49. The van der Waals surface area contributed by atoms with Crippen molar-refractivity contribution < 1.29 is 24.0 Å². The van der Waals surface area contributed by atoms with Gasteiger partial charge in [0.05, 0.1) is 12.7 Å². The van der Waals surface area contributed by atoms with Crippen LogP contribution in [0.15, 0.2) is 15.8 Å². The summed E-state index contributed by atoms with van der Waals surface area (Å²) in [4.78, 5) is 43.2. The number of aryl methyl sites for hydroxylation is 1. The lowest BCUT2D eigenvalue weighted by Gasteiger charge is -2.18. The van der Waals surface area contributed by atoms with Crippen molar-refractivity contribution in [2.24, 2.45) is 11.3 Å². The van der Waals surface area contributed by atoms with Crippen LogP contribution in [0, 0.1) is 18.3 Å². The number of aliphatic hydroxyl groups is 1. The minimum absolute atomic E-state index is 0.114. The van der Waals surface area contributed by atoms with Crippen LogP contribution in [0.5, 0.6) is 0 Å². The van der Waals surface area contributed by atoms with Crippen LogP contribution >= 0.6 is 7.82 Å². The molecule has 1 aromatic rings. The summed E-state index contributed by atoms with van der Waals surface area (Å²) in [6.45, 7) is 1.33. The molecule has 4 N–H and O–H groups in total. The van der Waals surface area contributed by atoms with E-state index in [2.05, 4.69) is 9.51 Å². The number of H-pyrrole nitrogens is 1. The Kier molecular flexibility index (Phi) is 3.46. The second kappa shape index (κ2) is 4.87. The molecule has 2 fully saturated rings. The first kappa shape index (κ1) is 15.6. The minimum atomic E-state index is -4.60. The molecular formula is C12H17N2O7P. The van der Waals surface area contributed by atoms with Gasteiger partial charge in [-0.2, -0.15) is 0 Å². The summed E-state index contributed by atoms with van der Waals surface area (Å²) >= 11 is 0. The Morgan fingerprint density at radius 2 is 2.18 bits per heavy atom. The molecule has 22 heavy (non-hydrogen) atoms. The van der Waals surface area contributed by atoms with E-state index < -0.39 is 30.6 Å². The molecule has 1 aromatic heterocycles. The van der Waals surface area contributed by atoms with Gasteiger partial charge in [-0.3, -0.25) is 18.9 Å². The van der Waals surface area contributed by atoms with Crippen LogP contribution in [0.2, 0.25) is 0 Å². The summed E-state index contributed by atoms with van der Waals surface area (Å²) < 4.78 is 16.8. The number of aliphatic hydroxyl groups excluding tert-OH is 1. The van der Waals surface area contributed by atoms with Gasteiger partial charge in [0.1, 0.15) is 0 Å². The van der Waals surface area contributed by atoms with E-state index in [4.69, 9.17) is 9.79 Å². The molecule has 3 rings (SSSR count). The van der Waals surface area contributed by atoms with Gasteiger partial charge in [-0.25, -0.2) is 9.36 Å². The fourth-order valence-electron chi connectivity index (χ4n) is 3.49. The number of nitrogens with zero attached hydrogens (tertiary/aromatic N) is 1. The molecule has 0 amide bonds. The molecule has 2 aliphatic carbocycles. The smallest absolute Gasteiger partial charge is 0.392 e. The highest BCUT2D eigenvalue weighted by molar-refractivity contribution is 7.46. The number of aromatic amines is 1. The molecule has 0 bridgehead atoms. The molecule has 2 saturated carbocycles. The molecule has 1 heterocycles. The fourth-order valence-corrected chi connectivity index (χ4v) is 3.90. The quantitative estimate of drug-likeness (QED) is 0.532. The summed E-state index contributed by atoms with van der Waals surface area (Å²) in [5.74, 6) is -0.114. The van der Waals surface area contributed by atoms with Crippen LogP contribution in [0.1, 0.15) is 24.4 Å². The zero-order valence-corrected chi connectivity index (χ0v) is 12.7. The van der Waals surface area contributed by atoms with Gasteiger partial charge in [0.25, 0.3) is 5.56 Å². The van der Waals surface area contributed by atoms with Crippen molar-refractivity contribution in [3.8, 4) is 0 Å². The summed E-state index contributed by atoms with van der Waals surface area (Å²) in [5.41, 5.74) is -1.34. The Labute approximate surface area is 124 Å². The summed E-state index contributed by atoms with van der Waals surface area (Å²) in [5, 5.41) is 10.2. The number of phosphoric ester groups is 1. The molecule has 0 aromatic carbocycles. The van der Waals surface area contributed by atoms with Crippen molar-refractivity contribution >= 4 is 7.82 Å². The SMILES string of the molecule is Cc1cn([C@H]2C[C@H](O)[C@]3(COP(=O)(O)O)C[C@H]23)c(=O)[nH]c1=O. The van der Waals surface area contributed by atoms with Crippen molar-refractivity contribution in [1.29, 1.82) is 0 Å². The van der Waals surface area contributed by atoms with E-state index in [9.17, 15) is 19.3 Å². The van der Waals surface area contributed by atoms with Crippen LogP contribution in [0.4, 0.5) is 0 Å². The van der Waals surface area contributed by atoms with E-state index in [1.54, 1.807) is 6.92 Å². The van der Waals surface area contributed by atoms with E-state index >= 15 is 0 Å². The molecule has 2 aliphatic rings. The largest absolute Gasteiger partial charge is 0.469 e. The zero-order chi connectivity index (χ0) is 16.3.